The van der Waals surface area contributed by atoms with Crippen LogP contribution in [-0.4, -0.2) is 77.7 Å². The zero-order valence-electron chi connectivity index (χ0n) is 26.6. The largest absolute Gasteiger partial charge is 0.461 e. The van der Waals surface area contributed by atoms with E-state index >= 15 is 0 Å². The van der Waals surface area contributed by atoms with Crippen LogP contribution >= 0.6 is 0 Å². The molecule has 6 N–H and O–H groups in total. The minimum atomic E-state index is -1.10. The number of fused-ring (bicyclic) bond motifs is 1. The summed E-state index contributed by atoms with van der Waals surface area (Å²) in [5, 5.41) is 6.88. The number of hydrogen-bond acceptors (Lipinski definition) is 7. The van der Waals surface area contributed by atoms with Gasteiger partial charge in [-0.05, 0) is 53.8 Å². The lowest BCUT2D eigenvalue weighted by Gasteiger charge is -2.37. The first-order valence-corrected chi connectivity index (χ1v) is 15.7. The molecule has 1 aliphatic heterocycles. The first kappa shape index (κ1) is 32.9. The van der Waals surface area contributed by atoms with Gasteiger partial charge in [-0.2, -0.15) is 0 Å². The minimum Gasteiger partial charge on any atom is -0.461 e. The van der Waals surface area contributed by atoms with Gasteiger partial charge in [0.15, 0.2) is 6.04 Å². The van der Waals surface area contributed by atoms with E-state index < -0.39 is 65.1 Å². The lowest BCUT2D eigenvalue weighted by Crippen LogP contribution is -2.98. The number of carbonyl (C=O) groups is 6. The molecule has 4 fully saturated rings. The Morgan fingerprint density at radius 2 is 1.60 bits per heavy atom. The van der Waals surface area contributed by atoms with Gasteiger partial charge in [0, 0.05) is 12.5 Å². The summed E-state index contributed by atoms with van der Waals surface area (Å²) in [6.45, 7) is 13.9. The Morgan fingerprint density at radius 1 is 1.00 bits per heavy atom. The second-order valence-electron chi connectivity index (χ2n) is 15.2. The minimum absolute atomic E-state index is 0.0790. The van der Waals surface area contributed by atoms with Gasteiger partial charge in [0.2, 0.25) is 17.6 Å². The van der Waals surface area contributed by atoms with E-state index in [0.717, 1.165) is 25.7 Å². The number of urea groups is 1. The number of primary amides is 2. The summed E-state index contributed by atoms with van der Waals surface area (Å²) in [5.41, 5.74) is 4.37. The van der Waals surface area contributed by atoms with Crippen LogP contribution in [0.5, 0.6) is 0 Å². The maximum absolute atomic E-state index is 14.2. The van der Waals surface area contributed by atoms with Crippen molar-refractivity contribution in [3.05, 3.63) is 0 Å². The predicted octanol–water partition coefficient (Wildman–Crippen LogP) is 0.474. The number of rotatable bonds is 13. The average molecular weight is 605 g/mol. The molecule has 1 heterocycles. The summed E-state index contributed by atoms with van der Waals surface area (Å²) < 4.78 is 5.44. The van der Waals surface area contributed by atoms with Crippen molar-refractivity contribution in [1.82, 2.24) is 15.5 Å². The van der Waals surface area contributed by atoms with Crippen molar-refractivity contribution in [2.75, 3.05) is 13.2 Å². The molecule has 6 atom stereocenters. The molecule has 43 heavy (non-hydrogen) atoms. The lowest BCUT2D eigenvalue weighted by molar-refractivity contribution is -0.591. The van der Waals surface area contributed by atoms with E-state index in [4.69, 9.17) is 10.5 Å². The highest BCUT2D eigenvalue weighted by Crippen LogP contribution is 2.65. The molecule has 4 aliphatic rings. The van der Waals surface area contributed by atoms with Crippen LogP contribution in [-0.2, 0) is 28.7 Å². The van der Waals surface area contributed by atoms with Gasteiger partial charge in [-0.15, -0.1) is 0 Å². The molecule has 0 radical (unpaired) electrons. The van der Waals surface area contributed by atoms with Crippen LogP contribution < -0.4 is 21.7 Å². The molecule has 0 bridgehead atoms. The van der Waals surface area contributed by atoms with Crippen molar-refractivity contribution in [2.45, 2.75) is 105 Å². The van der Waals surface area contributed by atoms with E-state index in [-0.39, 0.29) is 29.1 Å². The number of nitrogens with zero attached hydrogens (tertiary/aromatic N) is 1. The smallest absolute Gasteiger partial charge is 0.414 e. The number of Topliss-reactive ketones (excluding diaryl/α,β-unsaturated/α-hetero) is 1. The summed E-state index contributed by atoms with van der Waals surface area (Å²) in [6.07, 6.45) is 4.25. The van der Waals surface area contributed by atoms with Crippen LogP contribution in [0.1, 0.15) is 80.6 Å². The molecule has 1 unspecified atom stereocenters. The summed E-state index contributed by atoms with van der Waals surface area (Å²) in [4.78, 5) is 79.7. The average Bonchev–Trinajstić information content (AvgIpc) is 3.85. The molecule has 0 aromatic rings. The lowest BCUT2D eigenvalue weighted by atomic mass is 9.85. The number of likely N-dealkylation sites (tertiary alicyclic amines) is 1. The highest BCUT2D eigenvalue weighted by molar-refractivity contribution is 6.37. The van der Waals surface area contributed by atoms with E-state index in [2.05, 4.69) is 10.6 Å². The van der Waals surface area contributed by atoms with Crippen molar-refractivity contribution in [2.24, 2.45) is 46.2 Å². The second kappa shape index (κ2) is 12.2. The number of carbonyl (C=O) groups excluding carboxylic acids is 6. The van der Waals surface area contributed by atoms with Gasteiger partial charge in [-0.3, -0.25) is 29.8 Å². The van der Waals surface area contributed by atoms with E-state index in [0.29, 0.717) is 25.5 Å². The number of piperidine rings is 1. The number of ether oxygens (including phenoxy) is 1. The molecule has 12 nitrogen and oxygen atoms in total. The Bertz CT molecular complexity index is 1150. The Balaban J connectivity index is 1.49. The van der Waals surface area contributed by atoms with Crippen molar-refractivity contribution in [3.8, 4) is 0 Å². The van der Waals surface area contributed by atoms with Gasteiger partial charge in [0.05, 0.1) is 12.6 Å². The van der Waals surface area contributed by atoms with Gasteiger partial charge < -0.3 is 20.7 Å². The van der Waals surface area contributed by atoms with Crippen LogP contribution in [0, 0.1) is 40.4 Å². The predicted molar refractivity (Wildman–Crippen MR) is 156 cm³/mol. The van der Waals surface area contributed by atoms with Crippen molar-refractivity contribution in [1.29, 1.82) is 0 Å². The highest BCUT2D eigenvalue weighted by Gasteiger charge is 2.70. The first-order valence-electron chi connectivity index (χ1n) is 15.7. The van der Waals surface area contributed by atoms with Gasteiger partial charge in [-0.25, -0.2) is 9.59 Å². The molecule has 0 spiro atoms. The van der Waals surface area contributed by atoms with Crippen LogP contribution in [0.25, 0.3) is 0 Å². The fourth-order valence-electron chi connectivity index (χ4n) is 6.44. The highest BCUT2D eigenvalue weighted by atomic mass is 16.5. The summed E-state index contributed by atoms with van der Waals surface area (Å²) in [7, 11) is 0. The second-order valence-corrected chi connectivity index (χ2v) is 15.2. The number of esters is 1. The Kier molecular flexibility index (Phi) is 9.30. The number of nitrogens with one attached hydrogen (secondary N) is 2. The van der Waals surface area contributed by atoms with E-state index in [1.165, 1.54) is 10.2 Å². The van der Waals surface area contributed by atoms with Gasteiger partial charge in [-0.1, -0.05) is 61.3 Å². The SMILES string of the molecule is CC(C)[C@H]([NH2+]C(=O)N[C@H](C(=O)N1C[C@H]2[C@@H]([C@H]1C(=O)NC(CC1CC1)C(=O)C(N)=O)C2(C)C)C(C)(C)C)C(=O)OCC1CC1. The normalized spacial score (nSPS) is 26.1. The first-order chi connectivity index (χ1) is 19.9. The van der Waals surface area contributed by atoms with E-state index in [1.807, 2.05) is 48.5 Å². The number of ketones is 1. The monoisotopic (exact) mass is 604 g/mol. The number of nitrogens with two attached hydrogens (primary N) is 2. The molecule has 0 aromatic heterocycles. The number of quaternary nitrogens is 1. The molecule has 240 valence electrons. The van der Waals surface area contributed by atoms with Gasteiger partial charge in [0.25, 0.3) is 5.91 Å². The third-order valence-electron chi connectivity index (χ3n) is 9.78. The molecular formula is C31H50N5O7+. The third-order valence-corrected chi connectivity index (χ3v) is 9.78. The van der Waals surface area contributed by atoms with Gasteiger partial charge in [0.1, 0.15) is 12.1 Å². The number of hydrogen-bond donors (Lipinski definition) is 4. The molecule has 4 rings (SSSR count). The van der Waals surface area contributed by atoms with Crippen molar-refractivity contribution in [3.63, 3.8) is 0 Å². The van der Waals surface area contributed by atoms with E-state index in [1.54, 1.807) is 0 Å². The molecule has 12 heteroatoms. The molecule has 1 saturated heterocycles. The third kappa shape index (κ3) is 7.56. The Labute approximate surface area is 253 Å². The summed E-state index contributed by atoms with van der Waals surface area (Å²) in [6, 6.07) is -4.20. The zero-order chi connectivity index (χ0) is 32.0. The zero-order valence-corrected chi connectivity index (χ0v) is 26.6. The topological polar surface area (TPSA) is 182 Å². The molecular weight excluding hydrogens is 554 g/mol. The maximum Gasteiger partial charge on any atom is 0.414 e. The maximum atomic E-state index is 14.2. The molecule has 5 amide bonds. The van der Waals surface area contributed by atoms with Crippen LogP contribution in [0.15, 0.2) is 0 Å². The van der Waals surface area contributed by atoms with Crippen molar-refractivity contribution >= 4 is 35.5 Å². The standard InChI is InChI=1S/C31H49N5O7/c1-15(2)21(28(41)43-14-17-10-11-17)34-29(42)35-24(30(3,4)5)27(40)36-13-18-20(31(18,6)7)22(36)26(39)33-19(12-16-8-9-16)23(37)25(32)38/h15-22,24H,8-14H2,1-7H3,(H2,32,38)(H,33,39)(H2,34,35,42)/p+1/t18-,19?,20-,21-,22-,24+/m0/s1. The summed E-state index contributed by atoms with van der Waals surface area (Å²) >= 11 is 0. The Hall–Kier alpha value is -3.02. The number of amides is 5. The van der Waals surface area contributed by atoms with Crippen LogP contribution in [0.3, 0.4) is 0 Å². The molecule has 3 saturated carbocycles. The van der Waals surface area contributed by atoms with Gasteiger partial charge >= 0.3 is 12.0 Å². The fourth-order valence-corrected chi connectivity index (χ4v) is 6.44. The van der Waals surface area contributed by atoms with Crippen LogP contribution in [0.4, 0.5) is 4.79 Å². The summed E-state index contributed by atoms with van der Waals surface area (Å²) in [5.74, 6) is -2.89. The van der Waals surface area contributed by atoms with Crippen molar-refractivity contribution < 1.29 is 38.8 Å². The fraction of sp³-hybridized carbons (Fsp3) is 0.806. The molecule has 3 aliphatic carbocycles. The molecule has 0 aromatic carbocycles. The Morgan fingerprint density at radius 3 is 2.12 bits per heavy atom. The van der Waals surface area contributed by atoms with E-state index in [9.17, 15) is 28.8 Å². The van der Waals surface area contributed by atoms with Crippen LogP contribution in [0.2, 0.25) is 0 Å². The quantitative estimate of drug-likeness (QED) is 0.174.